The normalized spacial score (nSPS) is 9.17. The van der Waals surface area contributed by atoms with Gasteiger partial charge in [0, 0.05) is 35.3 Å². The Bertz CT molecular complexity index is 928. The number of carbonyl (C=O) groups excluding carboxylic acids is 4. The van der Waals surface area contributed by atoms with E-state index in [1.54, 1.807) is 36.4 Å². The van der Waals surface area contributed by atoms with Gasteiger partial charge in [0.2, 0.25) is 0 Å². The van der Waals surface area contributed by atoms with Crippen LogP contribution in [-0.2, 0) is 4.74 Å². The first kappa shape index (κ1) is 37.0. The first-order chi connectivity index (χ1) is 15.4. The minimum absolute atomic E-state index is 0. The van der Waals surface area contributed by atoms with Crippen LogP contribution in [0.3, 0.4) is 0 Å². The predicted octanol–water partition coefficient (Wildman–Crippen LogP) is 3.52. The number of nitrogens with one attached hydrogen (secondary N) is 4. The molecule has 0 heterocycles. The number of ether oxygens (including phenoxy) is 1. The molecule has 202 valence electrons. The van der Waals surface area contributed by atoms with Crippen LogP contribution in [0, 0.1) is 0 Å². The third-order valence-corrected chi connectivity index (χ3v) is 4.49. The molecule has 0 fully saturated rings. The van der Waals surface area contributed by atoms with Crippen molar-refractivity contribution in [3.05, 3.63) is 70.8 Å². The van der Waals surface area contributed by atoms with E-state index in [0.717, 1.165) is 6.54 Å². The van der Waals surface area contributed by atoms with Crippen LogP contribution >= 0.6 is 0 Å². The predicted molar refractivity (Wildman–Crippen MR) is 147 cm³/mol. The lowest BCUT2D eigenvalue weighted by molar-refractivity contribution is 0.0905. The van der Waals surface area contributed by atoms with Gasteiger partial charge in [0.15, 0.2) is 5.78 Å². The molecule has 0 saturated heterocycles. The number of hydrogen-bond acceptors (Lipinski definition) is 6. The standard InChI is InChI=1S/C23H28N4O5.4CH4/c1-16(28)17-3-5-19(6-4-17)22(30)26-15-27-23(31)20-9-7-18(8-10-20)21(29)25-12-14-32-13-11-24-2;;;;/h3-10,24H,11-15H2,1-2H3,(H,25,29)(H,26,30)(H,27,31);4*1H4. The third-order valence-electron chi connectivity index (χ3n) is 4.49. The second kappa shape index (κ2) is 19.7. The monoisotopic (exact) mass is 504 g/mol. The van der Waals surface area contributed by atoms with E-state index in [1.807, 2.05) is 7.05 Å². The molecule has 0 atom stereocenters. The second-order valence-electron chi connectivity index (χ2n) is 6.87. The minimum atomic E-state index is -0.387. The van der Waals surface area contributed by atoms with Crippen molar-refractivity contribution in [2.45, 2.75) is 36.6 Å². The smallest absolute Gasteiger partial charge is 0.252 e. The van der Waals surface area contributed by atoms with E-state index in [0.29, 0.717) is 42.0 Å². The van der Waals surface area contributed by atoms with Crippen molar-refractivity contribution in [3.63, 3.8) is 0 Å². The summed E-state index contributed by atoms with van der Waals surface area (Å²) in [5.74, 6) is -1.09. The van der Waals surface area contributed by atoms with Gasteiger partial charge in [-0.3, -0.25) is 19.2 Å². The highest BCUT2D eigenvalue weighted by Gasteiger charge is 2.10. The SMILES string of the molecule is C.C.C.C.CNCCOCCNC(=O)c1ccc(C(=O)NCNC(=O)c2ccc(C(C)=O)cc2)cc1. The zero-order valence-electron chi connectivity index (χ0n) is 18.2. The molecule has 0 aromatic heterocycles. The van der Waals surface area contributed by atoms with Crippen LogP contribution in [-0.4, -0.2) is 63.5 Å². The van der Waals surface area contributed by atoms with Crippen LogP contribution in [0.5, 0.6) is 0 Å². The Hall–Kier alpha value is -3.56. The minimum Gasteiger partial charge on any atom is -0.378 e. The highest BCUT2D eigenvalue weighted by molar-refractivity contribution is 5.99. The van der Waals surface area contributed by atoms with Gasteiger partial charge in [0.25, 0.3) is 17.7 Å². The molecule has 3 amide bonds. The molecule has 0 unspecified atom stereocenters. The largest absolute Gasteiger partial charge is 0.378 e. The van der Waals surface area contributed by atoms with Crippen LogP contribution in [0.1, 0.15) is 78.1 Å². The van der Waals surface area contributed by atoms with E-state index < -0.39 is 0 Å². The van der Waals surface area contributed by atoms with E-state index >= 15 is 0 Å². The van der Waals surface area contributed by atoms with E-state index in [4.69, 9.17) is 4.74 Å². The fourth-order valence-electron chi connectivity index (χ4n) is 2.65. The first-order valence-corrected chi connectivity index (χ1v) is 10.2. The first-order valence-electron chi connectivity index (χ1n) is 10.2. The molecule has 0 radical (unpaired) electrons. The van der Waals surface area contributed by atoms with E-state index in [2.05, 4.69) is 21.3 Å². The second-order valence-corrected chi connectivity index (χ2v) is 6.87. The van der Waals surface area contributed by atoms with Gasteiger partial charge >= 0.3 is 0 Å². The fourth-order valence-corrected chi connectivity index (χ4v) is 2.65. The lowest BCUT2D eigenvalue weighted by Crippen LogP contribution is -2.37. The average molecular weight is 505 g/mol. The number of Topliss-reactive ketones (excluding diaryl/α,β-unsaturated/α-hetero) is 1. The molecule has 0 aliphatic heterocycles. The van der Waals surface area contributed by atoms with E-state index in [9.17, 15) is 19.2 Å². The summed E-state index contributed by atoms with van der Waals surface area (Å²) in [5.41, 5.74) is 1.69. The highest BCUT2D eigenvalue weighted by atomic mass is 16.5. The van der Waals surface area contributed by atoms with Gasteiger partial charge in [-0.05, 0) is 50.4 Å². The van der Waals surface area contributed by atoms with Gasteiger partial charge in [0.05, 0.1) is 19.9 Å². The lowest BCUT2D eigenvalue weighted by atomic mass is 10.1. The Morgan fingerprint density at radius 2 is 0.972 bits per heavy atom. The topological polar surface area (TPSA) is 126 Å². The summed E-state index contributed by atoms with van der Waals surface area (Å²) < 4.78 is 5.33. The average Bonchev–Trinajstić information content (AvgIpc) is 2.81. The molecule has 2 aromatic carbocycles. The summed E-state index contributed by atoms with van der Waals surface area (Å²) in [7, 11) is 1.84. The number of amides is 3. The van der Waals surface area contributed by atoms with Crippen molar-refractivity contribution >= 4 is 23.5 Å². The summed E-state index contributed by atoms with van der Waals surface area (Å²) in [4.78, 5) is 47.7. The van der Waals surface area contributed by atoms with Crippen molar-refractivity contribution in [1.29, 1.82) is 0 Å². The zero-order valence-corrected chi connectivity index (χ0v) is 18.2. The molecule has 9 heteroatoms. The molecule has 2 aromatic rings. The quantitative estimate of drug-likeness (QED) is 0.199. The Kier molecular flexibility index (Phi) is 20.3. The van der Waals surface area contributed by atoms with E-state index in [-0.39, 0.29) is 59.9 Å². The van der Waals surface area contributed by atoms with E-state index in [1.165, 1.54) is 19.1 Å². The molecule has 0 aliphatic carbocycles. The van der Waals surface area contributed by atoms with Crippen molar-refractivity contribution in [2.24, 2.45) is 0 Å². The molecule has 4 N–H and O–H groups in total. The zero-order chi connectivity index (χ0) is 23.3. The number of ketones is 1. The van der Waals surface area contributed by atoms with Gasteiger partial charge in [-0.15, -0.1) is 0 Å². The summed E-state index contributed by atoms with van der Waals surface area (Å²) in [6.07, 6.45) is 0. The lowest BCUT2D eigenvalue weighted by Gasteiger charge is -2.09. The number of carbonyl (C=O) groups is 4. The van der Waals surface area contributed by atoms with Crippen molar-refractivity contribution in [2.75, 3.05) is 40.0 Å². The van der Waals surface area contributed by atoms with Crippen LogP contribution in [0.25, 0.3) is 0 Å². The van der Waals surface area contributed by atoms with Gasteiger partial charge in [0.1, 0.15) is 0 Å². The summed E-state index contributed by atoms with van der Waals surface area (Å²) in [6.45, 7) is 3.51. The molecule has 0 spiro atoms. The molecular weight excluding hydrogens is 460 g/mol. The van der Waals surface area contributed by atoms with Crippen LogP contribution in [0.2, 0.25) is 0 Å². The maximum absolute atomic E-state index is 12.2. The van der Waals surface area contributed by atoms with Crippen LogP contribution < -0.4 is 21.3 Å². The molecular formula is C27H44N4O5. The summed E-state index contributed by atoms with van der Waals surface area (Å²) in [5, 5.41) is 10.9. The number of hydrogen-bond donors (Lipinski definition) is 4. The van der Waals surface area contributed by atoms with Gasteiger partial charge in [-0.25, -0.2) is 0 Å². The van der Waals surface area contributed by atoms with Crippen molar-refractivity contribution < 1.29 is 23.9 Å². The van der Waals surface area contributed by atoms with Gasteiger partial charge in [-0.1, -0.05) is 41.8 Å². The Labute approximate surface area is 216 Å². The Morgan fingerprint density at radius 3 is 1.36 bits per heavy atom. The fraction of sp³-hybridized carbons (Fsp3) is 0.407. The Balaban J connectivity index is -0.00000272. The number of benzene rings is 2. The highest BCUT2D eigenvalue weighted by Crippen LogP contribution is 2.06. The molecule has 0 aliphatic rings. The van der Waals surface area contributed by atoms with Crippen molar-refractivity contribution in [1.82, 2.24) is 21.3 Å². The third kappa shape index (κ3) is 12.2. The van der Waals surface area contributed by atoms with Crippen LogP contribution in [0.15, 0.2) is 48.5 Å². The maximum atomic E-state index is 12.2. The molecule has 9 nitrogen and oxygen atoms in total. The molecule has 0 saturated carbocycles. The Morgan fingerprint density at radius 1 is 0.611 bits per heavy atom. The summed E-state index contributed by atoms with van der Waals surface area (Å²) in [6, 6.07) is 12.4. The number of rotatable bonds is 12. The molecule has 0 bridgehead atoms. The summed E-state index contributed by atoms with van der Waals surface area (Å²) >= 11 is 0. The van der Waals surface area contributed by atoms with Gasteiger partial charge in [-0.2, -0.15) is 0 Å². The maximum Gasteiger partial charge on any atom is 0.252 e. The van der Waals surface area contributed by atoms with Crippen molar-refractivity contribution in [3.8, 4) is 0 Å². The molecule has 36 heavy (non-hydrogen) atoms. The van der Waals surface area contributed by atoms with Gasteiger partial charge < -0.3 is 26.0 Å². The number of likely N-dealkylation sites (N-methyl/N-ethyl adjacent to an activating group) is 1. The molecule has 2 rings (SSSR count). The van der Waals surface area contributed by atoms with Crippen LogP contribution in [0.4, 0.5) is 0 Å².